The third-order valence-corrected chi connectivity index (χ3v) is 3.76. The SMILES string of the molecule is CNc1nc(-c2ccc(OC)c(Cl)c2)nc2c1COCC2. The largest absolute Gasteiger partial charge is 0.495 e. The average Bonchev–Trinajstić information content (AvgIpc) is 2.53. The smallest absolute Gasteiger partial charge is 0.161 e. The second-order valence-corrected chi connectivity index (χ2v) is 5.13. The zero-order chi connectivity index (χ0) is 14.8. The van der Waals surface area contributed by atoms with Crippen LogP contribution in [0.1, 0.15) is 11.3 Å². The molecular weight excluding hydrogens is 290 g/mol. The Morgan fingerprint density at radius 2 is 2.19 bits per heavy atom. The van der Waals surface area contributed by atoms with Gasteiger partial charge in [0.15, 0.2) is 5.82 Å². The van der Waals surface area contributed by atoms with E-state index >= 15 is 0 Å². The number of methoxy groups -OCH3 is 1. The Labute approximate surface area is 128 Å². The number of ether oxygens (including phenoxy) is 2. The molecule has 0 aliphatic carbocycles. The molecule has 0 radical (unpaired) electrons. The van der Waals surface area contributed by atoms with Crippen molar-refractivity contribution in [1.82, 2.24) is 9.97 Å². The van der Waals surface area contributed by atoms with Gasteiger partial charge in [0.2, 0.25) is 0 Å². The van der Waals surface area contributed by atoms with Gasteiger partial charge in [0.05, 0.1) is 31.0 Å². The average molecular weight is 306 g/mol. The first-order chi connectivity index (χ1) is 10.2. The summed E-state index contributed by atoms with van der Waals surface area (Å²) < 4.78 is 10.6. The summed E-state index contributed by atoms with van der Waals surface area (Å²) in [5.41, 5.74) is 2.93. The first-order valence-corrected chi connectivity index (χ1v) is 7.10. The first kappa shape index (κ1) is 14.1. The summed E-state index contributed by atoms with van der Waals surface area (Å²) in [4.78, 5) is 9.23. The minimum absolute atomic E-state index is 0.547. The number of hydrogen-bond donors (Lipinski definition) is 1. The van der Waals surface area contributed by atoms with Gasteiger partial charge in [-0.25, -0.2) is 9.97 Å². The molecule has 0 saturated heterocycles. The zero-order valence-electron chi connectivity index (χ0n) is 11.9. The van der Waals surface area contributed by atoms with Crippen LogP contribution in [0.5, 0.6) is 5.75 Å². The van der Waals surface area contributed by atoms with E-state index in [0.29, 0.717) is 29.8 Å². The number of hydrogen-bond acceptors (Lipinski definition) is 5. The number of halogens is 1. The molecule has 1 aliphatic heterocycles. The minimum Gasteiger partial charge on any atom is -0.495 e. The molecule has 0 fully saturated rings. The lowest BCUT2D eigenvalue weighted by Gasteiger charge is -2.19. The second-order valence-electron chi connectivity index (χ2n) is 4.72. The lowest BCUT2D eigenvalue weighted by Crippen LogP contribution is -2.16. The van der Waals surface area contributed by atoms with Crippen LogP contribution in [0.2, 0.25) is 5.02 Å². The van der Waals surface area contributed by atoms with Gasteiger partial charge < -0.3 is 14.8 Å². The fourth-order valence-corrected chi connectivity index (χ4v) is 2.63. The van der Waals surface area contributed by atoms with Crippen LogP contribution < -0.4 is 10.1 Å². The van der Waals surface area contributed by atoms with E-state index in [4.69, 9.17) is 21.1 Å². The Kier molecular flexibility index (Phi) is 3.94. The maximum Gasteiger partial charge on any atom is 0.161 e. The molecule has 0 spiro atoms. The van der Waals surface area contributed by atoms with Crippen molar-refractivity contribution in [1.29, 1.82) is 0 Å². The van der Waals surface area contributed by atoms with E-state index in [9.17, 15) is 0 Å². The number of benzene rings is 1. The van der Waals surface area contributed by atoms with Gasteiger partial charge in [0.1, 0.15) is 11.6 Å². The van der Waals surface area contributed by atoms with Gasteiger partial charge in [-0.2, -0.15) is 0 Å². The lowest BCUT2D eigenvalue weighted by atomic mass is 10.1. The highest BCUT2D eigenvalue weighted by molar-refractivity contribution is 6.32. The van der Waals surface area contributed by atoms with Gasteiger partial charge in [-0.1, -0.05) is 11.6 Å². The monoisotopic (exact) mass is 305 g/mol. The molecule has 3 rings (SSSR count). The van der Waals surface area contributed by atoms with Crippen LogP contribution in [0.15, 0.2) is 18.2 Å². The lowest BCUT2D eigenvalue weighted by molar-refractivity contribution is 0.109. The molecule has 0 saturated carbocycles. The van der Waals surface area contributed by atoms with E-state index < -0.39 is 0 Å². The van der Waals surface area contributed by atoms with Crippen molar-refractivity contribution in [3.05, 3.63) is 34.5 Å². The predicted octanol–water partition coefficient (Wildman–Crippen LogP) is 2.92. The van der Waals surface area contributed by atoms with Crippen molar-refractivity contribution < 1.29 is 9.47 Å². The van der Waals surface area contributed by atoms with Crippen molar-refractivity contribution in [3.63, 3.8) is 0 Å². The Hall–Kier alpha value is -1.85. The number of fused-ring (bicyclic) bond motifs is 1. The van der Waals surface area contributed by atoms with Gasteiger partial charge in [-0.15, -0.1) is 0 Å². The molecule has 5 nitrogen and oxygen atoms in total. The van der Waals surface area contributed by atoms with Gasteiger partial charge in [-0.05, 0) is 18.2 Å². The van der Waals surface area contributed by atoms with Crippen molar-refractivity contribution in [2.75, 3.05) is 26.1 Å². The molecule has 110 valence electrons. The van der Waals surface area contributed by atoms with Crippen LogP contribution in [-0.2, 0) is 17.8 Å². The molecule has 1 aromatic carbocycles. The van der Waals surface area contributed by atoms with Crippen molar-refractivity contribution in [2.24, 2.45) is 0 Å². The molecule has 0 atom stereocenters. The highest BCUT2D eigenvalue weighted by Crippen LogP contribution is 2.31. The van der Waals surface area contributed by atoms with E-state index in [1.54, 1.807) is 7.11 Å². The third kappa shape index (κ3) is 2.66. The highest BCUT2D eigenvalue weighted by atomic mass is 35.5. The Bertz CT molecular complexity index is 659. The molecule has 1 N–H and O–H groups in total. The third-order valence-electron chi connectivity index (χ3n) is 3.47. The minimum atomic E-state index is 0.547. The fourth-order valence-electron chi connectivity index (χ4n) is 2.37. The molecule has 2 aromatic rings. The normalized spacial score (nSPS) is 13.7. The Morgan fingerprint density at radius 1 is 1.33 bits per heavy atom. The number of aromatic nitrogens is 2. The molecule has 1 aliphatic rings. The topological polar surface area (TPSA) is 56.3 Å². The quantitative estimate of drug-likeness (QED) is 0.945. The van der Waals surface area contributed by atoms with Crippen molar-refractivity contribution in [3.8, 4) is 17.1 Å². The van der Waals surface area contributed by atoms with Crippen molar-refractivity contribution >= 4 is 17.4 Å². The Morgan fingerprint density at radius 3 is 2.90 bits per heavy atom. The fraction of sp³-hybridized carbons (Fsp3) is 0.333. The summed E-state index contributed by atoms with van der Waals surface area (Å²) in [6.45, 7) is 1.24. The molecule has 21 heavy (non-hydrogen) atoms. The van der Waals surface area contributed by atoms with Crippen LogP contribution in [0.3, 0.4) is 0 Å². The molecule has 1 aromatic heterocycles. The van der Waals surface area contributed by atoms with Crippen molar-refractivity contribution in [2.45, 2.75) is 13.0 Å². The summed E-state index contributed by atoms with van der Waals surface area (Å²) >= 11 is 6.18. The number of nitrogens with zero attached hydrogens (tertiary/aromatic N) is 2. The first-order valence-electron chi connectivity index (χ1n) is 6.72. The molecule has 0 unspecified atom stereocenters. The van der Waals surface area contributed by atoms with E-state index in [0.717, 1.165) is 29.1 Å². The molecule has 0 amide bonds. The van der Waals surface area contributed by atoms with Crippen LogP contribution in [0, 0.1) is 0 Å². The summed E-state index contributed by atoms with van der Waals surface area (Å²) in [6.07, 6.45) is 0.795. The summed E-state index contributed by atoms with van der Waals surface area (Å²) in [6, 6.07) is 5.55. The van der Waals surface area contributed by atoms with E-state index in [-0.39, 0.29) is 0 Å². The van der Waals surface area contributed by atoms with Crippen LogP contribution >= 0.6 is 11.6 Å². The number of nitrogens with one attached hydrogen (secondary N) is 1. The van der Waals surface area contributed by atoms with Gasteiger partial charge in [0.25, 0.3) is 0 Å². The van der Waals surface area contributed by atoms with Crippen LogP contribution in [-0.4, -0.2) is 30.7 Å². The number of rotatable bonds is 3. The van der Waals surface area contributed by atoms with Gasteiger partial charge in [-0.3, -0.25) is 0 Å². The molecule has 2 heterocycles. The molecule has 0 bridgehead atoms. The molecular formula is C15H16ClN3O2. The molecule has 6 heteroatoms. The van der Waals surface area contributed by atoms with E-state index in [2.05, 4.69) is 15.3 Å². The zero-order valence-corrected chi connectivity index (χ0v) is 12.7. The predicted molar refractivity (Wildman–Crippen MR) is 81.9 cm³/mol. The van der Waals surface area contributed by atoms with Gasteiger partial charge >= 0.3 is 0 Å². The van der Waals surface area contributed by atoms with E-state index in [1.807, 2.05) is 25.2 Å². The Balaban J connectivity index is 2.08. The second kappa shape index (κ2) is 5.87. The van der Waals surface area contributed by atoms with Gasteiger partial charge in [0, 0.05) is 24.6 Å². The summed E-state index contributed by atoms with van der Waals surface area (Å²) in [5, 5.41) is 3.66. The highest BCUT2D eigenvalue weighted by Gasteiger charge is 2.18. The van der Waals surface area contributed by atoms with Crippen LogP contribution in [0.4, 0.5) is 5.82 Å². The maximum atomic E-state index is 6.18. The van der Waals surface area contributed by atoms with Crippen LogP contribution in [0.25, 0.3) is 11.4 Å². The number of anilines is 1. The standard InChI is InChI=1S/C15H16ClN3O2/c1-17-15-10-8-21-6-5-12(10)18-14(19-15)9-3-4-13(20-2)11(16)7-9/h3-4,7H,5-6,8H2,1-2H3,(H,17,18,19). The maximum absolute atomic E-state index is 6.18. The summed E-state index contributed by atoms with van der Waals surface area (Å²) in [7, 11) is 3.44. The van der Waals surface area contributed by atoms with E-state index in [1.165, 1.54) is 0 Å². The summed E-state index contributed by atoms with van der Waals surface area (Å²) in [5.74, 6) is 2.10.